The van der Waals surface area contributed by atoms with Gasteiger partial charge in [0.2, 0.25) is 17.6 Å². The van der Waals surface area contributed by atoms with Crippen molar-refractivity contribution in [2.24, 2.45) is 0 Å². The zero-order valence-electron chi connectivity index (χ0n) is 13.2. The number of benzene rings is 1. The van der Waals surface area contributed by atoms with Crippen LogP contribution < -0.4 is 0 Å². The van der Waals surface area contributed by atoms with Gasteiger partial charge < -0.3 is 14.5 Å². The SMILES string of the molecule is CC(O)CCN(C)C(=O)CCc1nc(-c2ccc(Cl)cc2)no1. The van der Waals surface area contributed by atoms with Crippen LogP contribution in [0.1, 0.15) is 25.7 Å². The number of hydrogen-bond acceptors (Lipinski definition) is 5. The van der Waals surface area contributed by atoms with Crippen LogP contribution in [0.25, 0.3) is 11.4 Å². The summed E-state index contributed by atoms with van der Waals surface area (Å²) in [5.41, 5.74) is 0.810. The second-order valence-electron chi connectivity index (χ2n) is 5.47. The highest BCUT2D eigenvalue weighted by atomic mass is 35.5. The highest BCUT2D eigenvalue weighted by Gasteiger charge is 2.13. The Hall–Kier alpha value is -1.92. The van der Waals surface area contributed by atoms with E-state index < -0.39 is 6.10 Å². The number of nitrogens with zero attached hydrogens (tertiary/aromatic N) is 3. The van der Waals surface area contributed by atoms with Crippen molar-refractivity contribution in [3.63, 3.8) is 0 Å². The smallest absolute Gasteiger partial charge is 0.227 e. The van der Waals surface area contributed by atoms with E-state index in [9.17, 15) is 9.90 Å². The van der Waals surface area contributed by atoms with Crippen LogP contribution in [0.15, 0.2) is 28.8 Å². The number of aliphatic hydroxyl groups is 1. The van der Waals surface area contributed by atoms with E-state index in [1.54, 1.807) is 31.0 Å². The molecule has 1 N–H and O–H groups in total. The van der Waals surface area contributed by atoms with E-state index in [4.69, 9.17) is 16.1 Å². The lowest BCUT2D eigenvalue weighted by Crippen LogP contribution is -2.29. The number of rotatable bonds is 7. The zero-order valence-corrected chi connectivity index (χ0v) is 14.0. The number of aromatic nitrogens is 2. The minimum atomic E-state index is -0.414. The van der Waals surface area contributed by atoms with E-state index in [0.29, 0.717) is 42.5 Å². The van der Waals surface area contributed by atoms with Gasteiger partial charge in [0.05, 0.1) is 6.10 Å². The molecule has 0 bridgehead atoms. The predicted molar refractivity (Wildman–Crippen MR) is 87.0 cm³/mol. The maximum absolute atomic E-state index is 12.0. The molecule has 7 heteroatoms. The summed E-state index contributed by atoms with van der Waals surface area (Å²) >= 11 is 5.84. The Labute approximate surface area is 140 Å². The molecular formula is C16H20ClN3O3. The van der Waals surface area contributed by atoms with E-state index in [1.165, 1.54) is 0 Å². The molecule has 6 nitrogen and oxygen atoms in total. The third-order valence-corrected chi connectivity index (χ3v) is 3.68. The Morgan fingerprint density at radius 2 is 2.09 bits per heavy atom. The molecule has 0 aliphatic heterocycles. The first kappa shape index (κ1) is 17.4. The number of aryl methyl sites for hydroxylation is 1. The van der Waals surface area contributed by atoms with Gasteiger partial charge in [-0.15, -0.1) is 0 Å². The van der Waals surface area contributed by atoms with Crippen molar-refractivity contribution in [1.82, 2.24) is 15.0 Å². The number of carbonyl (C=O) groups excluding carboxylic acids is 1. The molecule has 1 aromatic heterocycles. The van der Waals surface area contributed by atoms with Gasteiger partial charge in [0.15, 0.2) is 0 Å². The molecule has 1 atom stereocenters. The molecule has 2 rings (SSSR count). The summed E-state index contributed by atoms with van der Waals surface area (Å²) in [6.07, 6.45) is 0.823. The number of aliphatic hydroxyl groups excluding tert-OH is 1. The average Bonchev–Trinajstić information content (AvgIpc) is 2.99. The van der Waals surface area contributed by atoms with Crippen LogP contribution in [0.4, 0.5) is 0 Å². The van der Waals surface area contributed by atoms with Crippen LogP contribution in [0, 0.1) is 0 Å². The fourth-order valence-corrected chi connectivity index (χ4v) is 2.11. The summed E-state index contributed by atoms with van der Waals surface area (Å²) < 4.78 is 5.17. The van der Waals surface area contributed by atoms with Crippen molar-refractivity contribution in [3.8, 4) is 11.4 Å². The van der Waals surface area contributed by atoms with E-state index in [1.807, 2.05) is 12.1 Å². The highest BCUT2D eigenvalue weighted by Crippen LogP contribution is 2.19. The molecule has 23 heavy (non-hydrogen) atoms. The standard InChI is InChI=1S/C16H20ClN3O3/c1-11(21)9-10-20(2)15(22)8-7-14-18-16(19-23-14)12-3-5-13(17)6-4-12/h3-6,11,21H,7-10H2,1-2H3. The number of hydrogen-bond donors (Lipinski definition) is 1. The van der Waals surface area contributed by atoms with E-state index in [-0.39, 0.29) is 5.91 Å². The van der Waals surface area contributed by atoms with Gasteiger partial charge in [0, 0.05) is 37.0 Å². The molecule has 0 saturated carbocycles. The summed E-state index contributed by atoms with van der Waals surface area (Å²) in [7, 11) is 1.72. The predicted octanol–water partition coefficient (Wildman–Crippen LogP) is 2.55. The molecule has 1 heterocycles. The molecule has 1 aromatic carbocycles. The molecule has 124 valence electrons. The van der Waals surface area contributed by atoms with Crippen LogP contribution in [0.3, 0.4) is 0 Å². The van der Waals surface area contributed by atoms with Crippen LogP contribution in [0.2, 0.25) is 5.02 Å². The Morgan fingerprint density at radius 3 is 2.74 bits per heavy atom. The van der Waals surface area contributed by atoms with Gasteiger partial charge in [-0.05, 0) is 37.6 Å². The minimum absolute atomic E-state index is 0.0168. The topological polar surface area (TPSA) is 79.5 Å². The fourth-order valence-electron chi connectivity index (χ4n) is 1.98. The van der Waals surface area contributed by atoms with Crippen molar-refractivity contribution in [2.75, 3.05) is 13.6 Å². The molecule has 0 spiro atoms. The lowest BCUT2D eigenvalue weighted by atomic mass is 10.2. The van der Waals surface area contributed by atoms with Gasteiger partial charge >= 0.3 is 0 Å². The van der Waals surface area contributed by atoms with Crippen molar-refractivity contribution in [1.29, 1.82) is 0 Å². The van der Waals surface area contributed by atoms with Gasteiger partial charge in [-0.1, -0.05) is 16.8 Å². The summed E-state index contributed by atoms with van der Waals surface area (Å²) in [6.45, 7) is 2.23. The number of amides is 1. The first-order chi connectivity index (χ1) is 11.0. The van der Waals surface area contributed by atoms with Gasteiger partial charge in [0.1, 0.15) is 0 Å². The van der Waals surface area contributed by atoms with Gasteiger partial charge in [-0.2, -0.15) is 4.98 Å². The minimum Gasteiger partial charge on any atom is -0.393 e. The first-order valence-electron chi connectivity index (χ1n) is 7.46. The Bertz CT molecular complexity index is 640. The first-order valence-corrected chi connectivity index (χ1v) is 7.84. The second kappa shape index (κ2) is 8.08. The molecule has 0 saturated heterocycles. The van der Waals surface area contributed by atoms with E-state index in [2.05, 4.69) is 10.1 Å². The summed E-state index contributed by atoms with van der Waals surface area (Å²) in [5.74, 6) is 0.885. The maximum atomic E-state index is 12.0. The third-order valence-electron chi connectivity index (χ3n) is 3.43. The molecule has 2 aromatic rings. The monoisotopic (exact) mass is 337 g/mol. The van der Waals surface area contributed by atoms with Gasteiger partial charge in [-0.3, -0.25) is 4.79 Å². The Balaban J connectivity index is 1.87. The lowest BCUT2D eigenvalue weighted by Gasteiger charge is -2.17. The third kappa shape index (κ3) is 5.33. The van der Waals surface area contributed by atoms with Crippen molar-refractivity contribution in [3.05, 3.63) is 35.2 Å². The van der Waals surface area contributed by atoms with Crippen LogP contribution >= 0.6 is 11.6 Å². The van der Waals surface area contributed by atoms with Gasteiger partial charge in [0.25, 0.3) is 0 Å². The molecule has 1 amide bonds. The summed E-state index contributed by atoms with van der Waals surface area (Å²) in [4.78, 5) is 17.9. The van der Waals surface area contributed by atoms with Crippen LogP contribution in [-0.2, 0) is 11.2 Å². The fraction of sp³-hybridized carbons (Fsp3) is 0.438. The molecule has 0 aliphatic carbocycles. The largest absolute Gasteiger partial charge is 0.393 e. The van der Waals surface area contributed by atoms with Crippen molar-refractivity contribution < 1.29 is 14.4 Å². The quantitative estimate of drug-likeness (QED) is 0.840. The average molecular weight is 338 g/mol. The second-order valence-corrected chi connectivity index (χ2v) is 5.91. The molecule has 0 aliphatic rings. The zero-order chi connectivity index (χ0) is 16.8. The summed E-state index contributed by atoms with van der Waals surface area (Å²) in [6, 6.07) is 7.14. The van der Waals surface area contributed by atoms with Crippen LogP contribution in [0.5, 0.6) is 0 Å². The molecule has 0 fully saturated rings. The summed E-state index contributed by atoms with van der Waals surface area (Å²) in [5, 5.41) is 13.8. The molecule has 0 radical (unpaired) electrons. The highest BCUT2D eigenvalue weighted by molar-refractivity contribution is 6.30. The number of carbonyl (C=O) groups is 1. The van der Waals surface area contributed by atoms with Gasteiger partial charge in [-0.25, -0.2) is 0 Å². The van der Waals surface area contributed by atoms with Crippen LogP contribution in [-0.4, -0.2) is 45.8 Å². The normalized spacial score (nSPS) is 12.2. The lowest BCUT2D eigenvalue weighted by molar-refractivity contribution is -0.130. The maximum Gasteiger partial charge on any atom is 0.227 e. The Kier molecular flexibility index (Phi) is 6.12. The molecular weight excluding hydrogens is 318 g/mol. The van der Waals surface area contributed by atoms with Crippen molar-refractivity contribution >= 4 is 17.5 Å². The van der Waals surface area contributed by atoms with E-state index >= 15 is 0 Å². The Morgan fingerprint density at radius 1 is 1.39 bits per heavy atom. The van der Waals surface area contributed by atoms with E-state index in [0.717, 1.165) is 5.56 Å². The van der Waals surface area contributed by atoms with Crippen molar-refractivity contribution in [2.45, 2.75) is 32.3 Å². The molecule has 1 unspecified atom stereocenters. The number of halogens is 1.